The summed E-state index contributed by atoms with van der Waals surface area (Å²) in [6, 6.07) is 14.1. The maximum atomic E-state index is 13.1. The van der Waals surface area contributed by atoms with Crippen molar-refractivity contribution < 1.29 is 4.79 Å². The Morgan fingerprint density at radius 1 is 1.00 bits per heavy atom. The number of hydrogen-bond donors (Lipinski definition) is 1. The first-order valence-electron chi connectivity index (χ1n) is 9.94. The molecular weight excluding hydrogens is 376 g/mol. The first-order chi connectivity index (χ1) is 14.4. The number of rotatable bonds is 5. The number of para-hydroxylation sites is 1. The molecule has 7 nitrogen and oxygen atoms in total. The number of carbonyl (C=O) groups excluding carboxylic acids is 1. The first-order valence-corrected chi connectivity index (χ1v) is 9.94. The van der Waals surface area contributed by atoms with Gasteiger partial charge in [-0.15, -0.1) is 0 Å². The Balaban J connectivity index is 1.60. The maximum Gasteiger partial charge on any atom is 0.256 e. The van der Waals surface area contributed by atoms with Crippen LogP contribution in [0.1, 0.15) is 38.7 Å². The molecule has 154 valence electrons. The summed E-state index contributed by atoms with van der Waals surface area (Å²) in [5.41, 5.74) is 6.60. The SMILES string of the molecule is Cc1nn(-c2ccccc2)c(C)c1CNC(=O)c1cnn(C)c1-n1c(C)ccc1C. The van der Waals surface area contributed by atoms with E-state index in [4.69, 9.17) is 0 Å². The van der Waals surface area contributed by atoms with E-state index in [0.29, 0.717) is 12.1 Å². The van der Waals surface area contributed by atoms with Gasteiger partial charge in [0.2, 0.25) is 0 Å². The Hall–Kier alpha value is -3.61. The van der Waals surface area contributed by atoms with Gasteiger partial charge in [0.25, 0.3) is 5.91 Å². The molecule has 1 amide bonds. The van der Waals surface area contributed by atoms with E-state index in [1.165, 1.54) is 0 Å². The third-order valence-electron chi connectivity index (χ3n) is 5.50. The maximum absolute atomic E-state index is 13.1. The smallest absolute Gasteiger partial charge is 0.256 e. The highest BCUT2D eigenvalue weighted by Gasteiger charge is 2.21. The molecule has 0 saturated carbocycles. The Morgan fingerprint density at radius 3 is 2.33 bits per heavy atom. The van der Waals surface area contributed by atoms with Crippen LogP contribution in [0.25, 0.3) is 11.5 Å². The summed E-state index contributed by atoms with van der Waals surface area (Å²) in [7, 11) is 1.85. The van der Waals surface area contributed by atoms with Crippen molar-refractivity contribution in [2.24, 2.45) is 7.05 Å². The monoisotopic (exact) mass is 402 g/mol. The minimum atomic E-state index is -0.156. The van der Waals surface area contributed by atoms with E-state index >= 15 is 0 Å². The zero-order valence-corrected chi connectivity index (χ0v) is 18.0. The first kappa shape index (κ1) is 19.7. The highest BCUT2D eigenvalue weighted by Crippen LogP contribution is 2.21. The quantitative estimate of drug-likeness (QED) is 0.555. The second-order valence-electron chi connectivity index (χ2n) is 7.54. The van der Waals surface area contributed by atoms with Crippen LogP contribution in [-0.2, 0) is 13.6 Å². The van der Waals surface area contributed by atoms with Crippen molar-refractivity contribution in [3.63, 3.8) is 0 Å². The highest BCUT2D eigenvalue weighted by atomic mass is 16.1. The van der Waals surface area contributed by atoms with E-state index in [9.17, 15) is 4.79 Å². The van der Waals surface area contributed by atoms with Crippen molar-refractivity contribution in [3.8, 4) is 11.5 Å². The third-order valence-corrected chi connectivity index (χ3v) is 5.50. The minimum Gasteiger partial charge on any atom is -0.348 e. The summed E-state index contributed by atoms with van der Waals surface area (Å²) in [6.07, 6.45) is 1.62. The summed E-state index contributed by atoms with van der Waals surface area (Å²) in [6.45, 7) is 8.44. The predicted octanol–water partition coefficient (Wildman–Crippen LogP) is 3.56. The predicted molar refractivity (Wildman–Crippen MR) is 116 cm³/mol. The highest BCUT2D eigenvalue weighted by molar-refractivity contribution is 5.97. The van der Waals surface area contributed by atoms with Crippen LogP contribution >= 0.6 is 0 Å². The Kier molecular flexibility index (Phi) is 5.03. The molecule has 0 aliphatic heterocycles. The number of hydrogen-bond acceptors (Lipinski definition) is 3. The molecule has 4 aromatic rings. The molecular formula is C23H26N6O. The van der Waals surface area contributed by atoms with Gasteiger partial charge in [-0.05, 0) is 52.0 Å². The second kappa shape index (κ2) is 7.67. The molecule has 7 heteroatoms. The fourth-order valence-corrected chi connectivity index (χ4v) is 3.87. The lowest BCUT2D eigenvalue weighted by Crippen LogP contribution is -2.25. The summed E-state index contributed by atoms with van der Waals surface area (Å²) >= 11 is 0. The van der Waals surface area contributed by atoms with Crippen LogP contribution in [0.3, 0.4) is 0 Å². The number of aryl methyl sites for hydroxylation is 4. The van der Waals surface area contributed by atoms with Crippen LogP contribution in [0.4, 0.5) is 0 Å². The number of nitrogens with one attached hydrogen (secondary N) is 1. The van der Waals surface area contributed by atoms with E-state index in [1.54, 1.807) is 10.9 Å². The molecule has 0 saturated heterocycles. The molecule has 0 fully saturated rings. The van der Waals surface area contributed by atoms with Crippen LogP contribution in [0.5, 0.6) is 0 Å². The third kappa shape index (κ3) is 3.32. The van der Waals surface area contributed by atoms with E-state index < -0.39 is 0 Å². The summed E-state index contributed by atoms with van der Waals surface area (Å²) in [4.78, 5) is 13.1. The van der Waals surface area contributed by atoms with Crippen LogP contribution < -0.4 is 5.32 Å². The standard InChI is InChI=1S/C23H26N6O/c1-15-11-12-16(2)28(15)23-21(14-25-27(23)5)22(30)24-13-20-17(3)26-29(18(20)4)19-9-7-6-8-10-19/h6-12,14H,13H2,1-5H3,(H,24,30). The van der Waals surface area contributed by atoms with Gasteiger partial charge in [0, 0.05) is 36.2 Å². The number of benzene rings is 1. The Bertz CT molecular complexity index is 1190. The molecule has 1 aromatic carbocycles. The fourth-order valence-electron chi connectivity index (χ4n) is 3.87. The Labute approximate surface area is 176 Å². The van der Waals surface area contributed by atoms with Gasteiger partial charge in [-0.2, -0.15) is 10.2 Å². The van der Waals surface area contributed by atoms with Crippen molar-refractivity contribution in [2.45, 2.75) is 34.2 Å². The molecule has 0 radical (unpaired) electrons. The van der Waals surface area contributed by atoms with E-state index in [-0.39, 0.29) is 5.91 Å². The van der Waals surface area contributed by atoms with Gasteiger partial charge in [-0.25, -0.2) is 4.68 Å². The second-order valence-corrected chi connectivity index (χ2v) is 7.54. The van der Waals surface area contributed by atoms with Gasteiger partial charge in [0.1, 0.15) is 11.4 Å². The molecule has 0 bridgehead atoms. The van der Waals surface area contributed by atoms with Crippen LogP contribution in [-0.4, -0.2) is 30.0 Å². The molecule has 30 heavy (non-hydrogen) atoms. The molecule has 0 unspecified atom stereocenters. The molecule has 0 aliphatic carbocycles. The van der Waals surface area contributed by atoms with Gasteiger partial charge >= 0.3 is 0 Å². The van der Waals surface area contributed by atoms with E-state index in [2.05, 4.69) is 15.5 Å². The lowest BCUT2D eigenvalue weighted by molar-refractivity contribution is 0.0950. The van der Waals surface area contributed by atoms with Crippen molar-refractivity contribution in [3.05, 3.63) is 82.6 Å². The summed E-state index contributed by atoms with van der Waals surface area (Å²) in [5.74, 6) is 0.609. The molecule has 3 heterocycles. The van der Waals surface area contributed by atoms with Crippen LogP contribution in [0, 0.1) is 27.7 Å². The molecule has 4 rings (SSSR count). The zero-order chi connectivity index (χ0) is 21.4. The van der Waals surface area contributed by atoms with Crippen LogP contribution in [0.15, 0.2) is 48.7 Å². The molecule has 3 aromatic heterocycles. The van der Waals surface area contributed by atoms with Crippen molar-refractivity contribution >= 4 is 5.91 Å². The average Bonchev–Trinajstić information content (AvgIpc) is 3.36. The van der Waals surface area contributed by atoms with Gasteiger partial charge in [-0.1, -0.05) is 18.2 Å². The fraction of sp³-hybridized carbons (Fsp3) is 0.261. The average molecular weight is 403 g/mol. The van der Waals surface area contributed by atoms with Gasteiger partial charge < -0.3 is 9.88 Å². The van der Waals surface area contributed by atoms with Crippen LogP contribution in [0.2, 0.25) is 0 Å². The lowest BCUT2D eigenvalue weighted by Gasteiger charge is -2.13. The molecule has 0 aliphatic rings. The molecule has 0 spiro atoms. The van der Waals surface area contributed by atoms with E-state index in [1.807, 2.05) is 86.5 Å². The number of amides is 1. The number of aromatic nitrogens is 5. The topological polar surface area (TPSA) is 69.7 Å². The van der Waals surface area contributed by atoms with Gasteiger partial charge in [0.15, 0.2) is 0 Å². The Morgan fingerprint density at radius 2 is 1.67 bits per heavy atom. The van der Waals surface area contributed by atoms with Crippen molar-refractivity contribution in [2.75, 3.05) is 0 Å². The molecule has 0 atom stereocenters. The minimum absolute atomic E-state index is 0.156. The van der Waals surface area contributed by atoms with Gasteiger partial charge in [-0.3, -0.25) is 9.48 Å². The number of carbonyl (C=O) groups is 1. The molecule has 1 N–H and O–H groups in total. The van der Waals surface area contributed by atoms with Crippen molar-refractivity contribution in [1.82, 2.24) is 29.4 Å². The van der Waals surface area contributed by atoms with E-state index in [0.717, 1.165) is 39.8 Å². The largest absolute Gasteiger partial charge is 0.348 e. The zero-order valence-electron chi connectivity index (χ0n) is 18.0. The van der Waals surface area contributed by atoms with Crippen molar-refractivity contribution in [1.29, 1.82) is 0 Å². The summed E-state index contributed by atoms with van der Waals surface area (Å²) < 4.78 is 5.70. The number of nitrogens with zero attached hydrogens (tertiary/aromatic N) is 5. The normalized spacial score (nSPS) is 11.1. The van der Waals surface area contributed by atoms with Gasteiger partial charge in [0.05, 0.1) is 17.6 Å². The summed E-state index contributed by atoms with van der Waals surface area (Å²) in [5, 5.41) is 12.0. The lowest BCUT2D eigenvalue weighted by atomic mass is 10.2.